The Bertz CT molecular complexity index is 522. The van der Waals surface area contributed by atoms with Crippen LogP contribution in [0.2, 0.25) is 0 Å². The molecule has 0 aliphatic heterocycles. The summed E-state index contributed by atoms with van der Waals surface area (Å²) in [5.74, 6) is 0. The van der Waals surface area contributed by atoms with Crippen LogP contribution in [0.1, 0.15) is 34.7 Å². The fraction of sp³-hybridized carbons (Fsp3) is 0.333. The quantitative estimate of drug-likeness (QED) is 0.678. The van der Waals surface area contributed by atoms with Crippen LogP contribution in [-0.2, 0) is 6.42 Å². The van der Waals surface area contributed by atoms with Gasteiger partial charge in [-0.1, -0.05) is 23.8 Å². The maximum Gasteiger partial charge on any atom is 0.0586 e. The van der Waals surface area contributed by atoms with Crippen molar-refractivity contribution in [1.29, 1.82) is 0 Å². The van der Waals surface area contributed by atoms with Gasteiger partial charge >= 0.3 is 0 Å². The van der Waals surface area contributed by atoms with Gasteiger partial charge < -0.3 is 4.57 Å². The maximum atomic E-state index is 2.36. The number of aromatic nitrogens is 1. The average molecular weight is 211 g/mol. The van der Waals surface area contributed by atoms with Gasteiger partial charge in [0.2, 0.25) is 0 Å². The second-order valence-electron chi connectivity index (χ2n) is 4.89. The van der Waals surface area contributed by atoms with Crippen molar-refractivity contribution >= 4 is 0 Å². The van der Waals surface area contributed by atoms with Crippen molar-refractivity contribution in [1.82, 2.24) is 4.57 Å². The molecule has 0 fully saturated rings. The van der Waals surface area contributed by atoms with E-state index in [0.717, 1.165) is 0 Å². The molecule has 16 heavy (non-hydrogen) atoms. The number of aryl methyl sites for hydroxylation is 3. The summed E-state index contributed by atoms with van der Waals surface area (Å²) in [6, 6.07) is 9.61. The van der Waals surface area contributed by atoms with Crippen molar-refractivity contribution in [3.63, 3.8) is 0 Å². The van der Waals surface area contributed by atoms with E-state index in [1.165, 1.54) is 35.1 Å². The summed E-state index contributed by atoms with van der Waals surface area (Å²) >= 11 is 0. The molecule has 1 aromatic carbocycles. The Hall–Kier alpha value is -1.50. The van der Waals surface area contributed by atoms with Gasteiger partial charge in [0.1, 0.15) is 0 Å². The Morgan fingerprint density at radius 3 is 2.75 bits per heavy atom. The predicted octanol–water partition coefficient (Wildman–Crippen LogP) is 3.64. The minimum absolute atomic E-state index is 0.559. The van der Waals surface area contributed by atoms with Crippen molar-refractivity contribution in [2.45, 2.75) is 32.7 Å². The normalized spacial score (nSPS) is 18.8. The lowest BCUT2D eigenvalue weighted by atomic mass is 10.1. The lowest BCUT2D eigenvalue weighted by molar-refractivity contribution is 0.582. The molecule has 0 radical (unpaired) electrons. The van der Waals surface area contributed by atoms with Crippen LogP contribution in [0.15, 0.2) is 36.7 Å². The smallest absolute Gasteiger partial charge is 0.0586 e. The summed E-state index contributed by atoms with van der Waals surface area (Å²) in [4.78, 5) is 0. The van der Waals surface area contributed by atoms with E-state index < -0.39 is 0 Å². The van der Waals surface area contributed by atoms with Crippen molar-refractivity contribution in [2.75, 3.05) is 0 Å². The van der Waals surface area contributed by atoms with Crippen LogP contribution >= 0.6 is 0 Å². The number of benzene rings is 1. The highest BCUT2D eigenvalue weighted by Crippen LogP contribution is 2.35. The second-order valence-corrected chi connectivity index (χ2v) is 4.89. The molecule has 0 bridgehead atoms. The molecule has 1 unspecified atom stereocenters. The van der Waals surface area contributed by atoms with Gasteiger partial charge in [-0.2, -0.15) is 0 Å². The topological polar surface area (TPSA) is 4.93 Å². The van der Waals surface area contributed by atoms with Gasteiger partial charge in [-0.25, -0.2) is 0 Å². The molecule has 3 rings (SSSR count). The average Bonchev–Trinajstić information content (AvgIpc) is 2.83. The van der Waals surface area contributed by atoms with Crippen LogP contribution in [0.3, 0.4) is 0 Å². The van der Waals surface area contributed by atoms with Gasteiger partial charge in [0.25, 0.3) is 0 Å². The van der Waals surface area contributed by atoms with Crippen LogP contribution < -0.4 is 0 Å². The van der Waals surface area contributed by atoms with E-state index in [0.29, 0.717) is 6.04 Å². The first-order valence-electron chi connectivity index (χ1n) is 5.97. The molecule has 0 amide bonds. The first-order valence-corrected chi connectivity index (χ1v) is 5.97. The SMILES string of the molecule is Cc1ccc2c(c1)C(n1ccc(C)c1)CC2. The van der Waals surface area contributed by atoms with Crippen LogP contribution in [0.25, 0.3) is 0 Å². The number of hydrogen-bond acceptors (Lipinski definition) is 0. The van der Waals surface area contributed by atoms with E-state index in [-0.39, 0.29) is 0 Å². The van der Waals surface area contributed by atoms with Crippen LogP contribution in [-0.4, -0.2) is 4.57 Å². The van der Waals surface area contributed by atoms with E-state index in [1.54, 1.807) is 0 Å². The Morgan fingerprint density at radius 2 is 2.00 bits per heavy atom. The van der Waals surface area contributed by atoms with Gasteiger partial charge in [0, 0.05) is 12.4 Å². The molecule has 1 nitrogen and oxygen atoms in total. The van der Waals surface area contributed by atoms with Crippen LogP contribution in [0.5, 0.6) is 0 Å². The van der Waals surface area contributed by atoms with Gasteiger partial charge in [-0.15, -0.1) is 0 Å². The molecule has 0 N–H and O–H groups in total. The van der Waals surface area contributed by atoms with Crippen molar-refractivity contribution in [2.24, 2.45) is 0 Å². The number of nitrogens with zero attached hydrogens (tertiary/aromatic N) is 1. The fourth-order valence-electron chi connectivity index (χ4n) is 2.73. The number of rotatable bonds is 1. The van der Waals surface area contributed by atoms with Crippen molar-refractivity contribution in [3.05, 3.63) is 58.9 Å². The molecule has 0 saturated carbocycles. The summed E-state index contributed by atoms with van der Waals surface area (Å²) in [7, 11) is 0. The summed E-state index contributed by atoms with van der Waals surface area (Å²) in [5.41, 5.74) is 5.77. The van der Waals surface area contributed by atoms with Crippen molar-refractivity contribution < 1.29 is 0 Å². The summed E-state index contributed by atoms with van der Waals surface area (Å²) in [6.45, 7) is 4.33. The first-order chi connectivity index (χ1) is 7.74. The Kier molecular flexibility index (Phi) is 2.13. The predicted molar refractivity (Wildman–Crippen MR) is 66.8 cm³/mol. The molecular weight excluding hydrogens is 194 g/mol. The fourth-order valence-corrected chi connectivity index (χ4v) is 2.73. The monoisotopic (exact) mass is 211 g/mol. The molecule has 2 aromatic rings. The third-order valence-electron chi connectivity index (χ3n) is 3.57. The first kappa shape index (κ1) is 9.71. The minimum atomic E-state index is 0.559. The maximum absolute atomic E-state index is 2.36. The third-order valence-corrected chi connectivity index (χ3v) is 3.57. The molecule has 0 saturated heterocycles. The zero-order valence-electron chi connectivity index (χ0n) is 9.90. The molecule has 0 spiro atoms. The summed E-state index contributed by atoms with van der Waals surface area (Å²) in [6.07, 6.45) is 6.92. The van der Waals surface area contributed by atoms with E-state index in [9.17, 15) is 0 Å². The molecule has 1 atom stereocenters. The standard InChI is InChI=1S/C15H17N/c1-11-3-4-13-5-6-15(14(13)9-11)16-8-7-12(2)10-16/h3-4,7-10,15H,5-6H2,1-2H3. The zero-order valence-corrected chi connectivity index (χ0v) is 9.90. The van der Waals surface area contributed by atoms with Crippen LogP contribution in [0, 0.1) is 13.8 Å². The van der Waals surface area contributed by atoms with E-state index in [4.69, 9.17) is 0 Å². The Labute approximate surface area is 96.7 Å². The van der Waals surface area contributed by atoms with Gasteiger partial charge in [-0.3, -0.25) is 0 Å². The molecule has 82 valence electrons. The number of fused-ring (bicyclic) bond motifs is 1. The summed E-state index contributed by atoms with van der Waals surface area (Å²) in [5, 5.41) is 0. The molecule has 1 aliphatic carbocycles. The molecule has 1 aromatic heterocycles. The van der Waals surface area contributed by atoms with Gasteiger partial charge in [-0.05, 0) is 49.4 Å². The van der Waals surface area contributed by atoms with E-state index >= 15 is 0 Å². The zero-order chi connectivity index (χ0) is 11.1. The van der Waals surface area contributed by atoms with E-state index in [1.807, 2.05) is 0 Å². The molecule has 1 heterocycles. The number of hydrogen-bond donors (Lipinski definition) is 0. The largest absolute Gasteiger partial charge is 0.347 e. The lowest BCUT2D eigenvalue weighted by Crippen LogP contribution is -2.04. The van der Waals surface area contributed by atoms with Gasteiger partial charge in [0.05, 0.1) is 6.04 Å². The second kappa shape index (κ2) is 3.51. The summed E-state index contributed by atoms with van der Waals surface area (Å²) < 4.78 is 2.36. The highest BCUT2D eigenvalue weighted by Gasteiger charge is 2.23. The van der Waals surface area contributed by atoms with Crippen molar-refractivity contribution in [3.8, 4) is 0 Å². The van der Waals surface area contributed by atoms with Gasteiger partial charge in [0.15, 0.2) is 0 Å². The molecule has 1 aliphatic rings. The highest BCUT2D eigenvalue weighted by molar-refractivity contribution is 5.38. The minimum Gasteiger partial charge on any atom is -0.347 e. The Balaban J connectivity index is 2.05. The Morgan fingerprint density at radius 1 is 1.12 bits per heavy atom. The molecule has 1 heteroatoms. The third kappa shape index (κ3) is 1.47. The van der Waals surface area contributed by atoms with E-state index in [2.05, 4.69) is 55.1 Å². The van der Waals surface area contributed by atoms with Crippen LogP contribution in [0.4, 0.5) is 0 Å². The lowest BCUT2D eigenvalue weighted by Gasteiger charge is -2.14. The molecular formula is C15H17N. The highest BCUT2D eigenvalue weighted by atomic mass is 15.0.